The average Bonchev–Trinajstić information content (AvgIpc) is 2.58. The highest BCUT2D eigenvalue weighted by Gasteiger charge is 2.16. The van der Waals surface area contributed by atoms with Crippen LogP contribution in [0.25, 0.3) is 0 Å². The first-order chi connectivity index (χ1) is 12.0. The van der Waals surface area contributed by atoms with Gasteiger partial charge in [0, 0.05) is 0 Å². The van der Waals surface area contributed by atoms with Gasteiger partial charge in [0.25, 0.3) is 10.0 Å². The highest BCUT2D eigenvalue weighted by atomic mass is 32.2. The van der Waals surface area contributed by atoms with Gasteiger partial charge >= 0.3 is 0 Å². The van der Waals surface area contributed by atoms with Crippen molar-refractivity contribution in [3.63, 3.8) is 0 Å². The largest absolute Gasteiger partial charge is 0.352 e. The zero-order valence-electron chi connectivity index (χ0n) is 13.4. The molecule has 3 rings (SSSR count). The van der Waals surface area contributed by atoms with E-state index in [2.05, 4.69) is 15.0 Å². The summed E-state index contributed by atoms with van der Waals surface area (Å²) in [5.41, 5.74) is 1.51. The number of halogens is 1. The zero-order valence-corrected chi connectivity index (χ0v) is 14.2. The molecule has 7 heteroatoms. The lowest BCUT2D eigenvalue weighted by Crippen LogP contribution is -2.15. The minimum absolute atomic E-state index is 0.183. The summed E-state index contributed by atoms with van der Waals surface area (Å²) in [7, 11) is -3.72. The van der Waals surface area contributed by atoms with Gasteiger partial charge in [-0.3, -0.25) is 4.72 Å². The van der Waals surface area contributed by atoms with Crippen LogP contribution in [0.15, 0.2) is 71.8 Å². The molecule has 2 N–H and O–H groups in total. The zero-order chi connectivity index (χ0) is 17.9. The van der Waals surface area contributed by atoms with Crippen LogP contribution in [-0.2, 0) is 10.0 Å². The molecule has 0 atom stereocenters. The quantitative estimate of drug-likeness (QED) is 0.722. The fraction of sp³-hybridized carbons (Fsp3) is 0.0556. The third-order valence-electron chi connectivity index (χ3n) is 3.54. The fourth-order valence-corrected chi connectivity index (χ4v) is 3.55. The normalized spacial score (nSPS) is 11.1. The Bertz CT molecular complexity index is 989. The van der Waals surface area contributed by atoms with Crippen molar-refractivity contribution in [1.29, 1.82) is 0 Å². The van der Waals surface area contributed by atoms with Gasteiger partial charge in [-0.25, -0.2) is 17.8 Å². The van der Waals surface area contributed by atoms with Crippen molar-refractivity contribution in [2.75, 3.05) is 10.0 Å². The minimum atomic E-state index is -3.72. The SMILES string of the molecule is Cc1ccccc1S(=O)(=O)Nc1ccc(Nc2ccccc2F)cn1. The van der Waals surface area contributed by atoms with Gasteiger partial charge in [-0.15, -0.1) is 0 Å². The highest BCUT2D eigenvalue weighted by molar-refractivity contribution is 7.92. The summed E-state index contributed by atoms with van der Waals surface area (Å²) in [4.78, 5) is 4.27. The smallest absolute Gasteiger partial charge is 0.263 e. The van der Waals surface area contributed by atoms with Crippen LogP contribution in [0.2, 0.25) is 0 Å². The van der Waals surface area contributed by atoms with Gasteiger partial charge in [0.2, 0.25) is 0 Å². The molecule has 0 aliphatic rings. The molecule has 0 radical (unpaired) electrons. The van der Waals surface area contributed by atoms with Gasteiger partial charge in [0.1, 0.15) is 11.6 Å². The monoisotopic (exact) mass is 357 g/mol. The Labute approximate surface area is 145 Å². The lowest BCUT2D eigenvalue weighted by atomic mass is 10.2. The van der Waals surface area contributed by atoms with Crippen LogP contribution in [0.5, 0.6) is 0 Å². The third kappa shape index (κ3) is 3.95. The minimum Gasteiger partial charge on any atom is -0.352 e. The van der Waals surface area contributed by atoms with Gasteiger partial charge in [0.15, 0.2) is 0 Å². The van der Waals surface area contributed by atoms with Gasteiger partial charge < -0.3 is 5.32 Å². The summed E-state index contributed by atoms with van der Waals surface area (Å²) >= 11 is 0. The van der Waals surface area contributed by atoms with Crippen LogP contribution in [0.1, 0.15) is 5.56 Å². The Kier molecular flexibility index (Phi) is 4.67. The lowest BCUT2D eigenvalue weighted by Gasteiger charge is -2.11. The van der Waals surface area contributed by atoms with Crippen LogP contribution in [-0.4, -0.2) is 13.4 Å². The number of hydrogen-bond acceptors (Lipinski definition) is 4. The first-order valence-electron chi connectivity index (χ1n) is 7.52. The van der Waals surface area contributed by atoms with Crippen molar-refractivity contribution in [1.82, 2.24) is 4.98 Å². The maximum Gasteiger partial charge on any atom is 0.263 e. The molecule has 0 fully saturated rings. The number of nitrogens with zero attached hydrogens (tertiary/aromatic N) is 1. The van der Waals surface area contributed by atoms with Crippen LogP contribution >= 0.6 is 0 Å². The van der Waals surface area contributed by atoms with Crippen molar-refractivity contribution < 1.29 is 12.8 Å². The fourth-order valence-electron chi connectivity index (χ4n) is 2.30. The highest BCUT2D eigenvalue weighted by Crippen LogP contribution is 2.21. The van der Waals surface area contributed by atoms with Crippen LogP contribution < -0.4 is 10.0 Å². The van der Waals surface area contributed by atoms with Crippen molar-refractivity contribution in [3.8, 4) is 0 Å². The number of rotatable bonds is 5. The average molecular weight is 357 g/mol. The molecule has 2 aromatic carbocycles. The number of aromatic nitrogens is 1. The van der Waals surface area contributed by atoms with Crippen LogP contribution in [0.4, 0.5) is 21.6 Å². The third-order valence-corrected chi connectivity index (χ3v) is 5.05. The first kappa shape index (κ1) is 16.9. The number of benzene rings is 2. The molecule has 0 bridgehead atoms. The van der Waals surface area contributed by atoms with E-state index in [9.17, 15) is 12.8 Å². The van der Waals surface area contributed by atoms with E-state index in [1.165, 1.54) is 24.4 Å². The summed E-state index contributed by atoms with van der Waals surface area (Å²) in [6, 6.07) is 16.1. The van der Waals surface area contributed by atoms with E-state index in [1.807, 2.05) is 0 Å². The summed E-state index contributed by atoms with van der Waals surface area (Å²) in [5.74, 6) is -0.200. The Balaban J connectivity index is 1.77. The summed E-state index contributed by atoms with van der Waals surface area (Å²) in [6.07, 6.45) is 1.43. The van der Waals surface area contributed by atoms with Gasteiger partial charge in [0.05, 0.1) is 22.5 Å². The summed E-state index contributed by atoms with van der Waals surface area (Å²) in [6.45, 7) is 1.73. The van der Waals surface area contributed by atoms with E-state index < -0.39 is 10.0 Å². The number of sulfonamides is 1. The number of para-hydroxylation sites is 1. The maximum absolute atomic E-state index is 13.6. The molecule has 128 valence electrons. The number of pyridine rings is 1. The molecule has 0 amide bonds. The topological polar surface area (TPSA) is 71.1 Å². The standard InChI is InChI=1S/C18H16FN3O2S/c1-13-6-2-5-9-17(13)25(23,24)22-18-11-10-14(12-20-18)21-16-8-4-3-7-15(16)19/h2-12,21H,1H3,(H,20,22). The van der Waals surface area contributed by atoms with Crippen molar-refractivity contribution in [3.05, 3.63) is 78.2 Å². The molecule has 0 saturated heterocycles. The van der Waals surface area contributed by atoms with Crippen LogP contribution in [0.3, 0.4) is 0 Å². The van der Waals surface area contributed by atoms with Crippen molar-refractivity contribution >= 4 is 27.2 Å². The Morgan fingerprint density at radius 2 is 1.68 bits per heavy atom. The Morgan fingerprint density at radius 3 is 2.36 bits per heavy atom. The van der Waals surface area contributed by atoms with E-state index in [0.717, 1.165) is 0 Å². The molecule has 0 saturated carbocycles. The predicted molar refractivity (Wildman–Crippen MR) is 95.9 cm³/mol. The second-order valence-corrected chi connectivity index (χ2v) is 7.06. The van der Waals surface area contributed by atoms with E-state index in [0.29, 0.717) is 16.9 Å². The predicted octanol–water partition coefficient (Wildman–Crippen LogP) is 4.07. The first-order valence-corrected chi connectivity index (χ1v) is 9.00. The molecule has 25 heavy (non-hydrogen) atoms. The van der Waals surface area contributed by atoms with Crippen LogP contribution in [0, 0.1) is 12.7 Å². The molecule has 0 aliphatic heterocycles. The Morgan fingerprint density at radius 1 is 0.960 bits per heavy atom. The molecular weight excluding hydrogens is 341 g/mol. The molecule has 0 spiro atoms. The maximum atomic E-state index is 13.6. The van der Waals surface area contributed by atoms with Gasteiger partial charge in [-0.05, 0) is 42.8 Å². The number of anilines is 3. The molecule has 1 aromatic heterocycles. The number of aryl methyl sites for hydroxylation is 1. The second kappa shape index (κ2) is 6.90. The summed E-state index contributed by atoms with van der Waals surface area (Å²) < 4.78 is 40.9. The molecular formula is C18H16FN3O2S. The molecule has 0 unspecified atom stereocenters. The van der Waals surface area contributed by atoms with E-state index in [-0.39, 0.29) is 16.5 Å². The molecule has 0 aliphatic carbocycles. The van der Waals surface area contributed by atoms with E-state index in [1.54, 1.807) is 49.4 Å². The number of hydrogen-bond donors (Lipinski definition) is 2. The molecule has 5 nitrogen and oxygen atoms in total. The Hall–Kier alpha value is -2.93. The van der Waals surface area contributed by atoms with Crippen molar-refractivity contribution in [2.24, 2.45) is 0 Å². The van der Waals surface area contributed by atoms with Crippen molar-refractivity contribution in [2.45, 2.75) is 11.8 Å². The van der Waals surface area contributed by atoms with Gasteiger partial charge in [-0.2, -0.15) is 0 Å². The van der Waals surface area contributed by atoms with E-state index in [4.69, 9.17) is 0 Å². The van der Waals surface area contributed by atoms with Gasteiger partial charge in [-0.1, -0.05) is 30.3 Å². The second-order valence-electron chi connectivity index (χ2n) is 5.41. The molecule has 1 heterocycles. The lowest BCUT2D eigenvalue weighted by molar-refractivity contribution is 0.600. The number of nitrogens with one attached hydrogen (secondary N) is 2. The molecule has 3 aromatic rings. The summed E-state index contributed by atoms with van der Waals surface area (Å²) in [5, 5.41) is 2.89. The van der Waals surface area contributed by atoms with E-state index >= 15 is 0 Å².